The van der Waals surface area contributed by atoms with Crippen molar-refractivity contribution >= 4 is 27.4 Å². The van der Waals surface area contributed by atoms with E-state index in [1.807, 2.05) is 0 Å². The van der Waals surface area contributed by atoms with E-state index in [9.17, 15) is 18.3 Å². The first-order valence-corrected chi connectivity index (χ1v) is 11.5. The Labute approximate surface area is 172 Å². The molecule has 1 atom stereocenters. The molecule has 6 nitrogen and oxygen atoms in total. The van der Waals surface area contributed by atoms with Crippen LogP contribution in [-0.2, 0) is 16.4 Å². The molecule has 0 radical (unpaired) electrons. The fourth-order valence-electron chi connectivity index (χ4n) is 3.75. The molecule has 1 aliphatic rings. The Morgan fingerprint density at radius 2 is 1.93 bits per heavy atom. The number of benzene rings is 2. The van der Waals surface area contributed by atoms with Crippen LogP contribution in [0.2, 0.25) is 0 Å². The van der Waals surface area contributed by atoms with Crippen molar-refractivity contribution in [2.75, 3.05) is 22.7 Å². The molecule has 0 aliphatic carbocycles. The maximum absolute atomic E-state index is 12.8. The van der Waals surface area contributed by atoms with Gasteiger partial charge in [-0.05, 0) is 61.1 Å². The van der Waals surface area contributed by atoms with Crippen molar-refractivity contribution in [1.82, 2.24) is 0 Å². The minimum Gasteiger partial charge on any atom is -0.478 e. The van der Waals surface area contributed by atoms with Crippen molar-refractivity contribution in [2.24, 2.45) is 5.92 Å². The summed E-state index contributed by atoms with van der Waals surface area (Å²) < 4.78 is 28.0. The van der Waals surface area contributed by atoms with Gasteiger partial charge in [0.15, 0.2) is 0 Å². The molecule has 0 amide bonds. The lowest BCUT2D eigenvalue weighted by Gasteiger charge is -2.33. The lowest BCUT2D eigenvalue weighted by molar-refractivity contribution is 0.0698. The fourth-order valence-corrected chi connectivity index (χ4v) is 4.83. The van der Waals surface area contributed by atoms with Crippen LogP contribution in [0, 0.1) is 5.92 Å². The Balaban J connectivity index is 1.86. The number of hydrogen-bond donors (Lipinski definition) is 2. The first kappa shape index (κ1) is 21.2. The normalized spacial score (nSPS) is 17.2. The number of aromatic carboxylic acids is 1. The van der Waals surface area contributed by atoms with Gasteiger partial charge in [0.2, 0.25) is 0 Å². The van der Waals surface area contributed by atoms with Gasteiger partial charge in [-0.2, -0.15) is 0 Å². The number of carbonyl (C=O) groups is 1. The zero-order chi connectivity index (χ0) is 21.0. The van der Waals surface area contributed by atoms with E-state index in [2.05, 4.69) is 23.5 Å². The van der Waals surface area contributed by atoms with Gasteiger partial charge in [0, 0.05) is 18.8 Å². The summed E-state index contributed by atoms with van der Waals surface area (Å²) in [7, 11) is -3.87. The predicted octanol–water partition coefficient (Wildman–Crippen LogP) is 4.37. The monoisotopic (exact) mass is 416 g/mol. The summed E-state index contributed by atoms with van der Waals surface area (Å²) in [6.45, 7) is 5.99. The van der Waals surface area contributed by atoms with Crippen molar-refractivity contribution in [3.8, 4) is 0 Å². The summed E-state index contributed by atoms with van der Waals surface area (Å²) in [6.07, 6.45) is 4.09. The third kappa shape index (κ3) is 5.09. The van der Waals surface area contributed by atoms with E-state index in [4.69, 9.17) is 0 Å². The fraction of sp³-hybridized carbons (Fsp3) is 0.409. The molecule has 0 saturated carbocycles. The maximum Gasteiger partial charge on any atom is 0.337 e. The summed E-state index contributed by atoms with van der Waals surface area (Å²) in [6, 6.07) is 11.6. The Hall–Kier alpha value is -2.54. The molecule has 156 valence electrons. The van der Waals surface area contributed by atoms with Crippen molar-refractivity contribution in [3.05, 3.63) is 53.6 Å². The zero-order valence-corrected chi connectivity index (χ0v) is 17.7. The number of aryl methyl sites for hydroxylation is 1. The summed E-state index contributed by atoms with van der Waals surface area (Å²) >= 11 is 0. The van der Waals surface area contributed by atoms with Gasteiger partial charge in [-0.15, -0.1) is 0 Å². The molecule has 0 aromatic heterocycles. The minimum absolute atomic E-state index is 0.0492. The van der Waals surface area contributed by atoms with Crippen molar-refractivity contribution in [3.63, 3.8) is 0 Å². The van der Waals surface area contributed by atoms with Crippen LogP contribution >= 0.6 is 0 Å². The minimum atomic E-state index is -3.87. The third-order valence-electron chi connectivity index (χ3n) is 5.27. The molecular weight excluding hydrogens is 388 g/mol. The smallest absolute Gasteiger partial charge is 0.337 e. The second-order valence-corrected chi connectivity index (χ2v) is 9.41. The van der Waals surface area contributed by atoms with Gasteiger partial charge in [-0.3, -0.25) is 4.72 Å². The summed E-state index contributed by atoms with van der Waals surface area (Å²) in [5, 5.41) is 9.65. The van der Waals surface area contributed by atoms with Crippen LogP contribution in [0.4, 0.5) is 11.4 Å². The maximum atomic E-state index is 12.8. The molecule has 0 spiro atoms. The predicted molar refractivity (Wildman–Crippen MR) is 115 cm³/mol. The quantitative estimate of drug-likeness (QED) is 0.700. The van der Waals surface area contributed by atoms with E-state index in [0.29, 0.717) is 5.92 Å². The highest BCUT2D eigenvalue weighted by molar-refractivity contribution is 7.92. The Bertz CT molecular complexity index is 971. The number of carboxylic acids is 1. The van der Waals surface area contributed by atoms with Gasteiger partial charge in [-0.25, -0.2) is 13.2 Å². The topological polar surface area (TPSA) is 86.7 Å². The van der Waals surface area contributed by atoms with Crippen LogP contribution in [0.5, 0.6) is 0 Å². The molecule has 7 heteroatoms. The Morgan fingerprint density at radius 1 is 1.21 bits per heavy atom. The molecule has 0 unspecified atom stereocenters. The number of hydrogen-bond acceptors (Lipinski definition) is 4. The first-order valence-electron chi connectivity index (χ1n) is 10.0. The van der Waals surface area contributed by atoms with Crippen LogP contribution in [-0.4, -0.2) is 32.6 Å². The Morgan fingerprint density at radius 3 is 2.55 bits per heavy atom. The van der Waals surface area contributed by atoms with Gasteiger partial charge in [0.05, 0.1) is 16.1 Å². The summed E-state index contributed by atoms with van der Waals surface area (Å²) in [5.41, 5.74) is 1.90. The first-order chi connectivity index (χ1) is 13.8. The molecule has 1 saturated heterocycles. The van der Waals surface area contributed by atoms with Gasteiger partial charge >= 0.3 is 5.97 Å². The van der Waals surface area contributed by atoms with Gasteiger partial charge in [0.1, 0.15) is 0 Å². The van der Waals surface area contributed by atoms with E-state index < -0.39 is 16.0 Å². The number of anilines is 2. The zero-order valence-electron chi connectivity index (χ0n) is 16.9. The molecular formula is C22H28N2O4S. The van der Waals surface area contributed by atoms with Crippen LogP contribution in [0.3, 0.4) is 0 Å². The van der Waals surface area contributed by atoms with Crippen LogP contribution < -0.4 is 9.62 Å². The molecule has 29 heavy (non-hydrogen) atoms. The van der Waals surface area contributed by atoms with Crippen LogP contribution in [0.25, 0.3) is 0 Å². The average molecular weight is 417 g/mol. The number of sulfonamides is 1. The standard InChI is InChI=1S/C22H28N2O4S/c1-3-5-17-7-10-19(11-8-17)29(27,28)23-21-12-9-18(14-20(21)22(25)26)24-13-4-6-16(2)15-24/h7-12,14,16,23H,3-6,13,15H2,1-2H3,(H,25,26)/t16-/m1/s1. The SMILES string of the molecule is CCCc1ccc(S(=O)(=O)Nc2ccc(N3CCC[C@@H](C)C3)cc2C(=O)O)cc1. The molecule has 1 heterocycles. The summed E-state index contributed by atoms with van der Waals surface area (Å²) in [4.78, 5) is 14.1. The van der Waals surface area contributed by atoms with E-state index in [1.165, 1.54) is 0 Å². The molecule has 2 aromatic rings. The second kappa shape index (κ2) is 8.86. The van der Waals surface area contributed by atoms with Crippen LogP contribution in [0.1, 0.15) is 49.0 Å². The summed E-state index contributed by atoms with van der Waals surface area (Å²) in [5.74, 6) is -0.612. The van der Waals surface area contributed by atoms with E-state index in [1.54, 1.807) is 42.5 Å². The lowest BCUT2D eigenvalue weighted by Crippen LogP contribution is -2.34. The van der Waals surface area contributed by atoms with Crippen molar-refractivity contribution in [2.45, 2.75) is 44.4 Å². The van der Waals surface area contributed by atoms with Gasteiger partial charge in [-0.1, -0.05) is 32.4 Å². The van der Waals surface area contributed by atoms with Gasteiger partial charge in [0.25, 0.3) is 10.0 Å². The van der Waals surface area contributed by atoms with Gasteiger partial charge < -0.3 is 10.0 Å². The number of nitrogens with one attached hydrogen (secondary N) is 1. The van der Waals surface area contributed by atoms with E-state index >= 15 is 0 Å². The molecule has 0 bridgehead atoms. The number of piperidine rings is 1. The van der Waals surface area contributed by atoms with Crippen molar-refractivity contribution in [1.29, 1.82) is 0 Å². The van der Waals surface area contributed by atoms with E-state index in [0.717, 1.165) is 50.0 Å². The van der Waals surface area contributed by atoms with Crippen LogP contribution in [0.15, 0.2) is 47.4 Å². The molecule has 3 rings (SSSR count). The molecule has 1 aliphatic heterocycles. The highest BCUT2D eigenvalue weighted by Crippen LogP contribution is 2.29. The lowest BCUT2D eigenvalue weighted by atomic mass is 9.99. The second-order valence-electron chi connectivity index (χ2n) is 7.73. The number of nitrogens with zero attached hydrogens (tertiary/aromatic N) is 1. The molecule has 1 fully saturated rings. The number of rotatable bonds is 7. The highest BCUT2D eigenvalue weighted by Gasteiger charge is 2.22. The third-order valence-corrected chi connectivity index (χ3v) is 6.65. The number of carboxylic acid groups (broad SMARTS) is 1. The highest BCUT2D eigenvalue weighted by atomic mass is 32.2. The molecule has 2 aromatic carbocycles. The largest absolute Gasteiger partial charge is 0.478 e. The Kier molecular flexibility index (Phi) is 6.47. The van der Waals surface area contributed by atoms with E-state index in [-0.39, 0.29) is 16.1 Å². The average Bonchev–Trinajstić information content (AvgIpc) is 2.68. The van der Waals surface area contributed by atoms with Crippen molar-refractivity contribution < 1.29 is 18.3 Å². The molecule has 2 N–H and O–H groups in total.